The first-order valence-corrected chi connectivity index (χ1v) is 4.01. The van der Waals surface area contributed by atoms with E-state index in [4.69, 9.17) is 17.2 Å². The van der Waals surface area contributed by atoms with Crippen molar-refractivity contribution in [3.05, 3.63) is 0 Å². The van der Waals surface area contributed by atoms with Gasteiger partial charge in [0, 0.05) is 0 Å². The van der Waals surface area contributed by atoms with E-state index in [1.807, 2.05) is 0 Å². The van der Waals surface area contributed by atoms with Crippen molar-refractivity contribution in [3.63, 3.8) is 0 Å². The molecule has 6 N–H and O–H groups in total. The van der Waals surface area contributed by atoms with Gasteiger partial charge in [-0.1, -0.05) is 6.92 Å². The fourth-order valence-corrected chi connectivity index (χ4v) is 1.31. The summed E-state index contributed by atoms with van der Waals surface area (Å²) in [5.74, 6) is 0.904. The van der Waals surface area contributed by atoms with Gasteiger partial charge in [0.15, 0.2) is 5.96 Å². The predicted octanol–water partition coefficient (Wildman–Crippen LogP) is -0.627. The average molecular weight is 169 g/mol. The summed E-state index contributed by atoms with van der Waals surface area (Å²) in [5, 5.41) is 0. The summed E-state index contributed by atoms with van der Waals surface area (Å²) in [7, 11) is 0. The monoisotopic (exact) mass is 169 g/mol. The molecule has 0 radical (unpaired) electrons. The maximum Gasteiger partial charge on any atom is 0.218 e. The third kappa shape index (κ3) is 2.41. The number of rotatable bonds is 1. The van der Waals surface area contributed by atoms with Crippen molar-refractivity contribution < 1.29 is 0 Å². The summed E-state index contributed by atoms with van der Waals surface area (Å²) < 4.78 is 0. The van der Waals surface area contributed by atoms with Crippen LogP contribution in [0.15, 0.2) is 9.98 Å². The van der Waals surface area contributed by atoms with Crippen LogP contribution in [0.25, 0.3) is 0 Å². The normalized spacial score (nSPS) is 29.2. The Morgan fingerprint density at radius 1 is 1.25 bits per heavy atom. The molecule has 5 nitrogen and oxygen atoms in total. The topological polar surface area (TPSA) is 103 Å². The molecule has 0 unspecified atom stereocenters. The lowest BCUT2D eigenvalue weighted by Gasteiger charge is -2.28. The van der Waals surface area contributed by atoms with Gasteiger partial charge in [-0.05, 0) is 18.8 Å². The quantitative estimate of drug-likeness (QED) is 0.360. The number of nitrogens with two attached hydrogens (primary N) is 3. The summed E-state index contributed by atoms with van der Waals surface area (Å²) in [6.45, 7) is 2.18. The maximum atomic E-state index is 5.43. The molecule has 0 aromatic carbocycles. The highest BCUT2D eigenvalue weighted by Crippen LogP contribution is 2.28. The van der Waals surface area contributed by atoms with Crippen molar-refractivity contribution in [2.24, 2.45) is 33.1 Å². The van der Waals surface area contributed by atoms with Crippen LogP contribution in [-0.4, -0.2) is 18.0 Å². The molecule has 1 aliphatic rings. The van der Waals surface area contributed by atoms with Gasteiger partial charge in [0.05, 0.1) is 6.04 Å². The summed E-state index contributed by atoms with van der Waals surface area (Å²) in [6.07, 6.45) is 2.17. The van der Waals surface area contributed by atoms with Gasteiger partial charge in [-0.15, -0.1) is 0 Å². The van der Waals surface area contributed by atoms with Gasteiger partial charge in [-0.3, -0.25) is 0 Å². The van der Waals surface area contributed by atoms with Gasteiger partial charge in [0.2, 0.25) is 5.96 Å². The van der Waals surface area contributed by atoms with E-state index in [1.165, 1.54) is 0 Å². The van der Waals surface area contributed by atoms with Gasteiger partial charge < -0.3 is 17.2 Å². The number of guanidine groups is 2. The van der Waals surface area contributed by atoms with Crippen LogP contribution in [0, 0.1) is 5.92 Å². The molecule has 0 heterocycles. The van der Waals surface area contributed by atoms with Gasteiger partial charge >= 0.3 is 0 Å². The zero-order chi connectivity index (χ0) is 9.14. The van der Waals surface area contributed by atoms with E-state index in [2.05, 4.69) is 16.9 Å². The van der Waals surface area contributed by atoms with E-state index in [1.54, 1.807) is 0 Å². The molecule has 5 heteroatoms. The molecule has 0 aromatic heterocycles. The van der Waals surface area contributed by atoms with Crippen molar-refractivity contribution in [3.8, 4) is 0 Å². The molecule has 1 rings (SSSR count). The van der Waals surface area contributed by atoms with Crippen molar-refractivity contribution >= 4 is 11.9 Å². The van der Waals surface area contributed by atoms with E-state index in [0.29, 0.717) is 6.04 Å². The van der Waals surface area contributed by atoms with Crippen LogP contribution in [0.4, 0.5) is 0 Å². The van der Waals surface area contributed by atoms with Gasteiger partial charge in [-0.2, -0.15) is 4.99 Å². The Labute approximate surface area is 71.7 Å². The zero-order valence-corrected chi connectivity index (χ0v) is 7.20. The first-order chi connectivity index (χ1) is 5.58. The average Bonchev–Trinajstić information content (AvgIpc) is 1.82. The minimum absolute atomic E-state index is 0.0383. The number of aliphatic imine (C=N–C) groups is 2. The molecule has 0 atom stereocenters. The van der Waals surface area contributed by atoms with E-state index in [9.17, 15) is 0 Å². The number of nitrogens with zero attached hydrogens (tertiary/aromatic N) is 2. The molecule has 0 amide bonds. The fraction of sp³-hybridized carbons (Fsp3) is 0.714. The Hall–Kier alpha value is -1.26. The summed E-state index contributed by atoms with van der Waals surface area (Å²) in [5.41, 5.74) is 15.7. The molecular formula is C7H15N5. The second kappa shape index (κ2) is 3.42. The molecule has 68 valence electrons. The van der Waals surface area contributed by atoms with Crippen LogP contribution in [0.1, 0.15) is 19.8 Å². The lowest BCUT2D eigenvalue weighted by Crippen LogP contribution is -2.30. The van der Waals surface area contributed by atoms with E-state index >= 15 is 0 Å². The highest BCUT2D eigenvalue weighted by molar-refractivity contribution is 5.92. The molecule has 1 fully saturated rings. The van der Waals surface area contributed by atoms with Crippen LogP contribution in [0.5, 0.6) is 0 Å². The Kier molecular flexibility index (Phi) is 2.52. The summed E-state index contributed by atoms with van der Waals surface area (Å²) >= 11 is 0. The van der Waals surface area contributed by atoms with Crippen LogP contribution in [0.2, 0.25) is 0 Å². The van der Waals surface area contributed by atoms with Crippen LogP contribution < -0.4 is 17.2 Å². The highest BCUT2D eigenvalue weighted by atomic mass is 15.1. The first-order valence-electron chi connectivity index (χ1n) is 4.01. The van der Waals surface area contributed by atoms with Crippen molar-refractivity contribution in [1.82, 2.24) is 0 Å². The largest absolute Gasteiger partial charge is 0.370 e. The molecule has 0 aromatic rings. The Balaban J connectivity index is 2.41. The first kappa shape index (κ1) is 8.83. The predicted molar refractivity (Wildman–Crippen MR) is 49.6 cm³/mol. The summed E-state index contributed by atoms with van der Waals surface area (Å²) in [4.78, 5) is 7.74. The zero-order valence-electron chi connectivity index (χ0n) is 7.20. The minimum Gasteiger partial charge on any atom is -0.370 e. The molecule has 1 aliphatic carbocycles. The van der Waals surface area contributed by atoms with E-state index in [0.717, 1.165) is 18.8 Å². The molecule has 0 aliphatic heterocycles. The standard InChI is InChI=1S/C7H15N5/c1-4-2-5(3-4)11-7(10)12-6(8)9/h4-5H,2-3H2,1H3,(H6,8,9,10,11,12). The summed E-state index contributed by atoms with van der Waals surface area (Å²) in [6, 6.07) is 0.322. The number of hydrogen-bond donors (Lipinski definition) is 3. The Morgan fingerprint density at radius 2 is 1.83 bits per heavy atom. The third-order valence-electron chi connectivity index (χ3n) is 1.91. The third-order valence-corrected chi connectivity index (χ3v) is 1.91. The van der Waals surface area contributed by atoms with E-state index in [-0.39, 0.29) is 11.9 Å². The maximum absolute atomic E-state index is 5.43. The van der Waals surface area contributed by atoms with Crippen molar-refractivity contribution in [2.75, 3.05) is 0 Å². The molecular weight excluding hydrogens is 154 g/mol. The Morgan fingerprint density at radius 3 is 2.25 bits per heavy atom. The highest BCUT2D eigenvalue weighted by Gasteiger charge is 2.24. The van der Waals surface area contributed by atoms with Gasteiger partial charge in [-0.25, -0.2) is 4.99 Å². The molecule has 1 saturated carbocycles. The van der Waals surface area contributed by atoms with Crippen LogP contribution in [0.3, 0.4) is 0 Å². The minimum atomic E-state index is -0.0383. The van der Waals surface area contributed by atoms with E-state index < -0.39 is 0 Å². The lowest BCUT2D eigenvalue weighted by atomic mass is 9.82. The van der Waals surface area contributed by atoms with Crippen LogP contribution >= 0.6 is 0 Å². The molecule has 0 spiro atoms. The lowest BCUT2D eigenvalue weighted by molar-refractivity contribution is 0.292. The molecule has 12 heavy (non-hydrogen) atoms. The fourth-order valence-electron chi connectivity index (χ4n) is 1.31. The Bertz CT molecular complexity index is 210. The van der Waals surface area contributed by atoms with Crippen LogP contribution in [-0.2, 0) is 0 Å². The molecule has 0 saturated heterocycles. The SMILES string of the molecule is CC1CC(N=C(N)N=C(N)N)C1. The second-order valence-electron chi connectivity index (χ2n) is 3.25. The second-order valence-corrected chi connectivity index (χ2v) is 3.25. The molecule has 0 bridgehead atoms. The van der Waals surface area contributed by atoms with Crippen molar-refractivity contribution in [1.29, 1.82) is 0 Å². The number of hydrogen-bond acceptors (Lipinski definition) is 1. The smallest absolute Gasteiger partial charge is 0.218 e. The van der Waals surface area contributed by atoms with Crippen molar-refractivity contribution in [2.45, 2.75) is 25.8 Å². The van der Waals surface area contributed by atoms with Gasteiger partial charge in [0.25, 0.3) is 0 Å². The van der Waals surface area contributed by atoms with Gasteiger partial charge in [0.1, 0.15) is 0 Å².